The van der Waals surface area contributed by atoms with Crippen LogP contribution in [-0.2, 0) is 0 Å². The topological polar surface area (TPSA) is 66.4 Å². The van der Waals surface area contributed by atoms with Crippen LogP contribution >= 0.6 is 0 Å². The average Bonchev–Trinajstić information content (AvgIpc) is 2.37. The molecule has 0 bridgehead atoms. The lowest BCUT2D eigenvalue weighted by molar-refractivity contribution is 0.108. The van der Waals surface area contributed by atoms with Gasteiger partial charge in [0.25, 0.3) is 0 Å². The maximum Gasteiger partial charge on any atom is 0.215 e. The summed E-state index contributed by atoms with van der Waals surface area (Å²) in [5.41, 5.74) is 0.987. The fourth-order valence-electron chi connectivity index (χ4n) is 2.67. The average molecular weight is 235 g/mol. The van der Waals surface area contributed by atoms with Crippen molar-refractivity contribution < 1.29 is 9.84 Å². The summed E-state index contributed by atoms with van der Waals surface area (Å²) >= 11 is 0. The van der Waals surface area contributed by atoms with Crippen LogP contribution in [0.4, 0.5) is 11.5 Å². The summed E-state index contributed by atoms with van der Waals surface area (Å²) in [7, 11) is 1.60. The minimum Gasteiger partial charge on any atom is -0.481 e. The van der Waals surface area contributed by atoms with Gasteiger partial charge in [0.05, 0.1) is 24.9 Å². The molecule has 1 unspecified atom stereocenters. The van der Waals surface area contributed by atoms with Crippen LogP contribution in [0.5, 0.6) is 5.88 Å². The van der Waals surface area contributed by atoms with Gasteiger partial charge in [0.1, 0.15) is 0 Å². The van der Waals surface area contributed by atoms with Gasteiger partial charge in [-0.2, -0.15) is 4.98 Å². The Labute approximate surface area is 100 Å². The van der Waals surface area contributed by atoms with E-state index in [9.17, 15) is 5.11 Å². The Kier molecular flexibility index (Phi) is 2.55. The van der Waals surface area contributed by atoms with E-state index in [1.54, 1.807) is 7.11 Å². The summed E-state index contributed by atoms with van der Waals surface area (Å²) in [5.74, 6) is 1.35. The number of aromatic nitrogens is 1. The SMILES string of the molecule is COc1ccc2c(n1)N[C@H]1C(CCC[C@@H]1O)N2. The number of pyridine rings is 1. The Balaban J connectivity index is 1.91. The number of hydrogen-bond acceptors (Lipinski definition) is 5. The summed E-state index contributed by atoms with van der Waals surface area (Å²) < 4.78 is 5.10. The van der Waals surface area contributed by atoms with Crippen LogP contribution in [0.15, 0.2) is 12.1 Å². The zero-order valence-corrected chi connectivity index (χ0v) is 9.81. The minimum absolute atomic E-state index is 0.0517. The van der Waals surface area contributed by atoms with Crippen LogP contribution in [0.3, 0.4) is 0 Å². The normalized spacial score (nSPS) is 30.6. The molecule has 3 rings (SSSR count). The Hall–Kier alpha value is -1.49. The van der Waals surface area contributed by atoms with Gasteiger partial charge in [-0.1, -0.05) is 0 Å². The molecule has 1 saturated carbocycles. The van der Waals surface area contributed by atoms with Gasteiger partial charge in [-0.25, -0.2) is 0 Å². The van der Waals surface area contributed by atoms with E-state index in [1.165, 1.54) is 0 Å². The van der Waals surface area contributed by atoms with E-state index in [0.717, 1.165) is 30.8 Å². The van der Waals surface area contributed by atoms with Crippen LogP contribution in [-0.4, -0.2) is 35.4 Å². The standard InChI is InChI=1S/C12H17N3O2/c1-17-10-6-5-8-12(14-10)15-11-7(13-8)3-2-4-9(11)16/h5-7,9,11,13,16H,2-4H2,1H3,(H,14,15)/t7?,9-,11-/m0/s1. The molecular weight excluding hydrogens is 218 g/mol. The lowest BCUT2D eigenvalue weighted by Crippen LogP contribution is -2.52. The molecule has 1 aromatic heterocycles. The fraction of sp³-hybridized carbons (Fsp3) is 0.583. The van der Waals surface area contributed by atoms with Gasteiger partial charge < -0.3 is 20.5 Å². The molecule has 1 aromatic rings. The molecule has 2 heterocycles. The number of anilines is 2. The van der Waals surface area contributed by atoms with Crippen molar-refractivity contribution in [3.63, 3.8) is 0 Å². The predicted octanol–water partition coefficient (Wildman–Crippen LogP) is 1.21. The Morgan fingerprint density at radius 2 is 2.24 bits per heavy atom. The second kappa shape index (κ2) is 4.07. The van der Waals surface area contributed by atoms with E-state index in [4.69, 9.17) is 4.74 Å². The molecule has 0 amide bonds. The number of methoxy groups -OCH3 is 1. The van der Waals surface area contributed by atoms with Crippen LogP contribution in [0.2, 0.25) is 0 Å². The third kappa shape index (κ3) is 1.80. The van der Waals surface area contributed by atoms with Crippen molar-refractivity contribution in [2.24, 2.45) is 0 Å². The Bertz CT molecular complexity index is 424. The molecular formula is C12H17N3O2. The van der Waals surface area contributed by atoms with E-state index in [1.807, 2.05) is 12.1 Å². The summed E-state index contributed by atoms with van der Waals surface area (Å²) in [5, 5.41) is 16.8. The maximum absolute atomic E-state index is 9.99. The molecule has 3 N–H and O–H groups in total. The molecule has 0 spiro atoms. The molecule has 0 radical (unpaired) electrons. The van der Waals surface area contributed by atoms with Crippen LogP contribution in [0.25, 0.3) is 0 Å². The number of rotatable bonds is 1. The molecule has 5 nitrogen and oxygen atoms in total. The predicted molar refractivity (Wildman–Crippen MR) is 65.5 cm³/mol. The van der Waals surface area contributed by atoms with Gasteiger partial charge in [-0.15, -0.1) is 0 Å². The van der Waals surface area contributed by atoms with E-state index in [-0.39, 0.29) is 12.1 Å². The first-order valence-corrected chi connectivity index (χ1v) is 6.04. The summed E-state index contributed by atoms with van der Waals surface area (Å²) in [6, 6.07) is 4.15. The number of aliphatic hydroxyl groups is 1. The van der Waals surface area contributed by atoms with Crippen molar-refractivity contribution in [3.8, 4) is 5.88 Å². The molecule has 17 heavy (non-hydrogen) atoms. The largest absolute Gasteiger partial charge is 0.481 e. The first-order valence-electron chi connectivity index (χ1n) is 6.04. The molecule has 1 aliphatic heterocycles. The summed E-state index contributed by atoms with van der Waals surface area (Å²) in [6.45, 7) is 0. The van der Waals surface area contributed by atoms with Crippen molar-refractivity contribution in [2.75, 3.05) is 17.7 Å². The molecule has 2 aliphatic rings. The molecule has 0 saturated heterocycles. The number of fused-ring (bicyclic) bond motifs is 2. The smallest absolute Gasteiger partial charge is 0.215 e. The van der Waals surface area contributed by atoms with Gasteiger partial charge in [0.2, 0.25) is 5.88 Å². The monoisotopic (exact) mass is 235 g/mol. The van der Waals surface area contributed by atoms with Gasteiger partial charge in [-0.05, 0) is 25.3 Å². The van der Waals surface area contributed by atoms with Crippen LogP contribution in [0.1, 0.15) is 19.3 Å². The van der Waals surface area contributed by atoms with Crippen molar-refractivity contribution >= 4 is 11.5 Å². The first kappa shape index (κ1) is 10.7. The maximum atomic E-state index is 9.99. The number of nitrogens with one attached hydrogen (secondary N) is 2. The zero-order chi connectivity index (χ0) is 11.8. The van der Waals surface area contributed by atoms with E-state index < -0.39 is 0 Å². The van der Waals surface area contributed by atoms with Crippen molar-refractivity contribution in [1.29, 1.82) is 0 Å². The minimum atomic E-state index is -0.303. The number of ether oxygens (including phenoxy) is 1. The quantitative estimate of drug-likeness (QED) is 0.682. The third-order valence-corrected chi connectivity index (χ3v) is 3.59. The highest BCUT2D eigenvalue weighted by Crippen LogP contribution is 2.34. The van der Waals surface area contributed by atoms with Crippen molar-refractivity contribution in [3.05, 3.63) is 12.1 Å². The van der Waals surface area contributed by atoms with E-state index in [2.05, 4.69) is 15.6 Å². The summed E-state index contributed by atoms with van der Waals surface area (Å²) in [6.07, 6.45) is 2.70. The number of hydrogen-bond donors (Lipinski definition) is 3. The summed E-state index contributed by atoms with van der Waals surface area (Å²) in [4.78, 5) is 4.35. The molecule has 1 fully saturated rings. The van der Waals surface area contributed by atoms with Gasteiger partial charge in [-0.3, -0.25) is 0 Å². The Morgan fingerprint density at radius 1 is 1.35 bits per heavy atom. The third-order valence-electron chi connectivity index (χ3n) is 3.59. The first-order chi connectivity index (χ1) is 8.28. The molecule has 1 aliphatic carbocycles. The Morgan fingerprint density at radius 3 is 3.06 bits per heavy atom. The van der Waals surface area contributed by atoms with Crippen LogP contribution < -0.4 is 15.4 Å². The van der Waals surface area contributed by atoms with Gasteiger partial charge >= 0.3 is 0 Å². The lowest BCUT2D eigenvalue weighted by atomic mass is 9.86. The molecule has 92 valence electrons. The molecule has 0 aromatic carbocycles. The highest BCUT2D eigenvalue weighted by molar-refractivity contribution is 5.69. The van der Waals surface area contributed by atoms with Crippen molar-refractivity contribution in [2.45, 2.75) is 37.5 Å². The second-order valence-electron chi connectivity index (χ2n) is 4.67. The van der Waals surface area contributed by atoms with Gasteiger partial charge in [0.15, 0.2) is 5.82 Å². The highest BCUT2D eigenvalue weighted by Gasteiger charge is 2.36. The second-order valence-corrected chi connectivity index (χ2v) is 4.67. The van der Waals surface area contributed by atoms with Crippen LogP contribution in [0, 0.1) is 0 Å². The van der Waals surface area contributed by atoms with E-state index in [0.29, 0.717) is 11.9 Å². The lowest BCUT2D eigenvalue weighted by Gasteiger charge is -2.41. The highest BCUT2D eigenvalue weighted by atomic mass is 16.5. The molecule has 3 atom stereocenters. The van der Waals surface area contributed by atoms with Crippen molar-refractivity contribution in [1.82, 2.24) is 4.98 Å². The zero-order valence-electron chi connectivity index (χ0n) is 9.81. The fourth-order valence-corrected chi connectivity index (χ4v) is 2.67. The van der Waals surface area contributed by atoms with Gasteiger partial charge in [0, 0.05) is 12.1 Å². The molecule has 5 heteroatoms. The van der Waals surface area contributed by atoms with E-state index >= 15 is 0 Å². The number of aliphatic hydroxyl groups excluding tert-OH is 1. The number of nitrogens with zero attached hydrogens (tertiary/aromatic N) is 1.